The molecule has 35 heavy (non-hydrogen) atoms. The normalized spacial score (nSPS) is 19.8. The van der Waals surface area contributed by atoms with Crippen LogP contribution in [0.2, 0.25) is 0 Å². The van der Waals surface area contributed by atoms with E-state index in [0.29, 0.717) is 19.1 Å². The fourth-order valence-corrected chi connectivity index (χ4v) is 4.83. The summed E-state index contributed by atoms with van der Waals surface area (Å²) in [6.45, 7) is 7.20. The van der Waals surface area contributed by atoms with E-state index in [4.69, 9.17) is 23.7 Å². The Balaban J connectivity index is 1.35. The van der Waals surface area contributed by atoms with Gasteiger partial charge in [0.05, 0.1) is 31.5 Å². The molecule has 0 aliphatic carbocycles. The van der Waals surface area contributed by atoms with Crippen molar-refractivity contribution in [3.8, 4) is 11.5 Å². The lowest BCUT2D eigenvalue weighted by Gasteiger charge is -2.33. The van der Waals surface area contributed by atoms with Gasteiger partial charge < -0.3 is 33.9 Å². The minimum absolute atomic E-state index is 0.127. The summed E-state index contributed by atoms with van der Waals surface area (Å²) in [6, 6.07) is 14.9. The molecule has 2 aromatic carbocycles. The topological polar surface area (TPSA) is 61.4 Å². The number of anilines is 1. The van der Waals surface area contributed by atoms with Crippen LogP contribution >= 0.6 is 0 Å². The highest BCUT2D eigenvalue weighted by Crippen LogP contribution is 2.34. The standard InChI is InChI=1S/C28H40N2O5/c1-31-15-3-13-30-14-18-34-27-10-5-22(19-26(27)30)21-35-28-20-29-12-11-25(28)23-6-8-24(9-7-23)33-17-4-16-32-2/h5-10,19,25,28-29H,3-4,11-18,20-21H2,1-2H3/t25-,28+/m1/s1. The Kier molecular flexibility index (Phi) is 10.1. The number of benzene rings is 2. The largest absolute Gasteiger partial charge is 0.494 e. The number of piperidine rings is 1. The second-order valence-electron chi connectivity index (χ2n) is 9.20. The Morgan fingerprint density at radius 3 is 2.66 bits per heavy atom. The fourth-order valence-electron chi connectivity index (χ4n) is 4.83. The molecule has 0 spiro atoms. The maximum Gasteiger partial charge on any atom is 0.142 e. The molecular weight excluding hydrogens is 444 g/mol. The molecule has 2 heterocycles. The number of hydrogen-bond acceptors (Lipinski definition) is 7. The molecule has 1 fully saturated rings. The summed E-state index contributed by atoms with van der Waals surface area (Å²) in [5, 5.41) is 3.51. The molecule has 0 aromatic heterocycles. The molecule has 192 valence electrons. The predicted octanol–water partition coefficient (Wildman–Crippen LogP) is 4.00. The number of fused-ring (bicyclic) bond motifs is 1. The quantitative estimate of drug-likeness (QED) is 0.431. The van der Waals surface area contributed by atoms with Gasteiger partial charge in [0.2, 0.25) is 0 Å². The van der Waals surface area contributed by atoms with Gasteiger partial charge in [0.25, 0.3) is 0 Å². The van der Waals surface area contributed by atoms with Crippen molar-refractivity contribution in [3.63, 3.8) is 0 Å². The summed E-state index contributed by atoms with van der Waals surface area (Å²) >= 11 is 0. The zero-order valence-corrected chi connectivity index (χ0v) is 21.2. The molecule has 0 saturated carbocycles. The van der Waals surface area contributed by atoms with Crippen molar-refractivity contribution in [3.05, 3.63) is 53.6 Å². The van der Waals surface area contributed by atoms with Gasteiger partial charge in [-0.15, -0.1) is 0 Å². The van der Waals surface area contributed by atoms with E-state index in [0.717, 1.165) is 82.4 Å². The molecule has 7 heteroatoms. The molecule has 2 aromatic rings. The van der Waals surface area contributed by atoms with Crippen molar-refractivity contribution in [1.29, 1.82) is 0 Å². The monoisotopic (exact) mass is 484 g/mol. The second kappa shape index (κ2) is 13.7. The number of hydrogen-bond donors (Lipinski definition) is 1. The molecule has 2 aliphatic heterocycles. The maximum absolute atomic E-state index is 6.50. The van der Waals surface area contributed by atoms with Gasteiger partial charge in [0, 0.05) is 52.9 Å². The first-order valence-electron chi connectivity index (χ1n) is 12.8. The van der Waals surface area contributed by atoms with Crippen molar-refractivity contribution in [2.45, 2.75) is 37.9 Å². The second-order valence-corrected chi connectivity index (χ2v) is 9.20. The summed E-state index contributed by atoms with van der Waals surface area (Å²) in [7, 11) is 3.47. The number of nitrogens with one attached hydrogen (secondary N) is 1. The van der Waals surface area contributed by atoms with E-state index in [9.17, 15) is 0 Å². The smallest absolute Gasteiger partial charge is 0.142 e. The van der Waals surface area contributed by atoms with Crippen molar-refractivity contribution < 1.29 is 23.7 Å². The van der Waals surface area contributed by atoms with E-state index in [1.165, 1.54) is 11.1 Å². The van der Waals surface area contributed by atoms with Gasteiger partial charge in [-0.1, -0.05) is 18.2 Å². The van der Waals surface area contributed by atoms with Gasteiger partial charge in [-0.2, -0.15) is 0 Å². The molecule has 0 radical (unpaired) electrons. The van der Waals surface area contributed by atoms with Gasteiger partial charge in [0.15, 0.2) is 0 Å². The maximum atomic E-state index is 6.50. The molecule has 1 saturated heterocycles. The van der Waals surface area contributed by atoms with Crippen LogP contribution in [0.4, 0.5) is 5.69 Å². The Morgan fingerprint density at radius 2 is 1.83 bits per heavy atom. The summed E-state index contributed by atoms with van der Waals surface area (Å²) in [5.41, 5.74) is 3.65. The number of rotatable bonds is 13. The van der Waals surface area contributed by atoms with Crippen LogP contribution in [0.15, 0.2) is 42.5 Å². The zero-order chi connectivity index (χ0) is 24.3. The van der Waals surface area contributed by atoms with E-state index in [1.807, 2.05) is 0 Å². The van der Waals surface area contributed by atoms with E-state index in [1.54, 1.807) is 14.2 Å². The van der Waals surface area contributed by atoms with Crippen LogP contribution in [0.5, 0.6) is 11.5 Å². The van der Waals surface area contributed by atoms with Crippen LogP contribution < -0.4 is 19.7 Å². The Hall–Kier alpha value is -2.32. The molecule has 2 aliphatic rings. The Bertz CT molecular complexity index is 891. The highest BCUT2D eigenvalue weighted by molar-refractivity contribution is 5.61. The molecule has 0 bridgehead atoms. The fraction of sp³-hybridized carbons (Fsp3) is 0.571. The van der Waals surface area contributed by atoms with E-state index >= 15 is 0 Å². The average Bonchev–Trinajstić information content (AvgIpc) is 2.91. The molecule has 2 atom stereocenters. The lowest BCUT2D eigenvalue weighted by atomic mass is 9.87. The van der Waals surface area contributed by atoms with E-state index < -0.39 is 0 Å². The number of nitrogens with zero attached hydrogens (tertiary/aromatic N) is 1. The molecule has 7 nitrogen and oxygen atoms in total. The third-order valence-corrected chi connectivity index (χ3v) is 6.72. The molecule has 1 N–H and O–H groups in total. The van der Waals surface area contributed by atoms with Gasteiger partial charge >= 0.3 is 0 Å². The third kappa shape index (κ3) is 7.34. The summed E-state index contributed by atoms with van der Waals surface area (Å²) in [4.78, 5) is 2.39. The van der Waals surface area contributed by atoms with E-state index in [2.05, 4.69) is 52.7 Å². The Labute approximate surface area is 209 Å². The lowest BCUT2D eigenvalue weighted by Crippen LogP contribution is -2.41. The summed E-state index contributed by atoms with van der Waals surface area (Å²) in [5.74, 6) is 2.23. The van der Waals surface area contributed by atoms with Gasteiger partial charge in [0.1, 0.15) is 18.1 Å². The van der Waals surface area contributed by atoms with Crippen LogP contribution in [0.1, 0.15) is 36.3 Å². The third-order valence-electron chi connectivity index (χ3n) is 6.72. The first kappa shape index (κ1) is 25.8. The minimum atomic E-state index is 0.127. The van der Waals surface area contributed by atoms with Crippen molar-refractivity contribution in [2.24, 2.45) is 0 Å². The lowest BCUT2D eigenvalue weighted by molar-refractivity contribution is 0.0106. The van der Waals surface area contributed by atoms with Gasteiger partial charge in [-0.3, -0.25) is 0 Å². The predicted molar refractivity (Wildman–Crippen MR) is 138 cm³/mol. The highest BCUT2D eigenvalue weighted by Gasteiger charge is 2.27. The summed E-state index contributed by atoms with van der Waals surface area (Å²) < 4.78 is 28.5. The van der Waals surface area contributed by atoms with Crippen LogP contribution in [-0.2, 0) is 20.8 Å². The first-order valence-corrected chi connectivity index (χ1v) is 12.8. The zero-order valence-electron chi connectivity index (χ0n) is 21.2. The molecular formula is C28H40N2O5. The average molecular weight is 485 g/mol. The van der Waals surface area contributed by atoms with Crippen LogP contribution in [0.3, 0.4) is 0 Å². The number of methoxy groups -OCH3 is 2. The molecule has 4 rings (SSSR count). The number of ether oxygens (including phenoxy) is 5. The van der Waals surface area contributed by atoms with Crippen LogP contribution in [-0.4, -0.2) is 72.9 Å². The van der Waals surface area contributed by atoms with Crippen molar-refractivity contribution in [2.75, 3.05) is 71.7 Å². The summed E-state index contributed by atoms with van der Waals surface area (Å²) in [6.07, 6.45) is 3.08. The van der Waals surface area contributed by atoms with Crippen molar-refractivity contribution >= 4 is 5.69 Å². The highest BCUT2D eigenvalue weighted by atomic mass is 16.5. The molecule has 0 amide bonds. The van der Waals surface area contributed by atoms with Gasteiger partial charge in [-0.25, -0.2) is 0 Å². The minimum Gasteiger partial charge on any atom is -0.494 e. The first-order chi connectivity index (χ1) is 17.3. The van der Waals surface area contributed by atoms with Crippen LogP contribution in [0.25, 0.3) is 0 Å². The molecule has 0 unspecified atom stereocenters. The van der Waals surface area contributed by atoms with Gasteiger partial charge in [-0.05, 0) is 54.8 Å². The van der Waals surface area contributed by atoms with Crippen molar-refractivity contribution in [1.82, 2.24) is 5.32 Å². The SMILES string of the molecule is COCCCOc1ccc([C@H]2CCNC[C@@H]2OCc2ccc3c(c2)N(CCCOC)CCO3)cc1. The Morgan fingerprint density at radius 1 is 1.00 bits per heavy atom. The van der Waals surface area contributed by atoms with E-state index in [-0.39, 0.29) is 6.10 Å². The van der Waals surface area contributed by atoms with Crippen LogP contribution in [0, 0.1) is 0 Å².